The lowest BCUT2D eigenvalue weighted by Crippen LogP contribution is -2.27. The van der Waals surface area contributed by atoms with Gasteiger partial charge in [-0.1, -0.05) is 6.07 Å². The molecule has 27 heavy (non-hydrogen) atoms. The molecule has 0 radical (unpaired) electrons. The highest BCUT2D eigenvalue weighted by Crippen LogP contribution is 2.24. The number of nitrogens with one attached hydrogen (secondary N) is 1. The van der Waals surface area contributed by atoms with Crippen LogP contribution in [0.2, 0.25) is 0 Å². The topological polar surface area (TPSA) is 76.9 Å². The predicted octanol–water partition coefficient (Wildman–Crippen LogP) is 2.80. The molecular formula is C20H22N4O2S. The van der Waals surface area contributed by atoms with Gasteiger partial charge in [-0.15, -0.1) is 0 Å². The zero-order valence-electron chi connectivity index (χ0n) is 15.0. The van der Waals surface area contributed by atoms with Crippen LogP contribution in [0.3, 0.4) is 0 Å². The van der Waals surface area contributed by atoms with E-state index < -0.39 is 10.0 Å². The first-order valence-electron chi connectivity index (χ1n) is 9.17. The maximum absolute atomic E-state index is 12.6. The van der Waals surface area contributed by atoms with Crippen LogP contribution in [0.15, 0.2) is 59.9 Å². The van der Waals surface area contributed by atoms with Gasteiger partial charge in [0, 0.05) is 30.7 Å². The van der Waals surface area contributed by atoms with E-state index in [2.05, 4.69) is 14.8 Å². The SMILES string of the molecule is O=S(=O)(NCCn1ccc(-c2ccncc2)n1)c1ccc2c(c1)CCCC2. The van der Waals surface area contributed by atoms with E-state index in [0.29, 0.717) is 11.4 Å². The minimum absolute atomic E-state index is 0.289. The minimum atomic E-state index is -3.51. The van der Waals surface area contributed by atoms with Crippen LogP contribution in [0.25, 0.3) is 11.3 Å². The molecule has 0 saturated carbocycles. The highest BCUT2D eigenvalue weighted by Gasteiger charge is 2.17. The van der Waals surface area contributed by atoms with Gasteiger partial charge in [-0.2, -0.15) is 5.10 Å². The van der Waals surface area contributed by atoms with Crippen molar-refractivity contribution in [3.8, 4) is 11.3 Å². The average molecular weight is 382 g/mol. The van der Waals surface area contributed by atoms with E-state index >= 15 is 0 Å². The fraction of sp³-hybridized carbons (Fsp3) is 0.300. The van der Waals surface area contributed by atoms with Crippen LogP contribution in [0.5, 0.6) is 0 Å². The van der Waals surface area contributed by atoms with Gasteiger partial charge >= 0.3 is 0 Å². The van der Waals surface area contributed by atoms with E-state index in [9.17, 15) is 8.42 Å². The van der Waals surface area contributed by atoms with Gasteiger partial charge in [0.05, 0.1) is 17.1 Å². The van der Waals surface area contributed by atoms with Gasteiger partial charge in [-0.25, -0.2) is 13.1 Å². The summed E-state index contributed by atoms with van der Waals surface area (Å²) in [6.07, 6.45) is 9.61. The molecule has 7 heteroatoms. The van der Waals surface area contributed by atoms with Gasteiger partial charge in [0.15, 0.2) is 0 Å². The molecule has 3 aromatic rings. The monoisotopic (exact) mass is 382 g/mol. The first kappa shape index (κ1) is 17.9. The van der Waals surface area contributed by atoms with Gasteiger partial charge in [-0.05, 0) is 67.1 Å². The van der Waals surface area contributed by atoms with Crippen LogP contribution in [-0.4, -0.2) is 29.7 Å². The molecule has 0 aliphatic heterocycles. The van der Waals surface area contributed by atoms with Crippen molar-refractivity contribution in [2.24, 2.45) is 0 Å². The van der Waals surface area contributed by atoms with Crippen LogP contribution in [0.1, 0.15) is 24.0 Å². The van der Waals surface area contributed by atoms with Crippen LogP contribution >= 0.6 is 0 Å². The summed E-state index contributed by atoms with van der Waals surface area (Å²) in [5.74, 6) is 0. The fourth-order valence-electron chi connectivity index (χ4n) is 3.42. The third kappa shape index (κ3) is 4.09. The van der Waals surface area contributed by atoms with Crippen molar-refractivity contribution >= 4 is 10.0 Å². The number of aryl methyl sites for hydroxylation is 2. The van der Waals surface area contributed by atoms with Gasteiger partial charge < -0.3 is 0 Å². The molecule has 0 fully saturated rings. The number of hydrogen-bond acceptors (Lipinski definition) is 4. The van der Waals surface area contributed by atoms with Crippen LogP contribution < -0.4 is 4.72 Å². The zero-order chi connectivity index (χ0) is 18.7. The second-order valence-electron chi connectivity index (χ2n) is 6.74. The summed E-state index contributed by atoms with van der Waals surface area (Å²) >= 11 is 0. The summed E-state index contributed by atoms with van der Waals surface area (Å²) in [6.45, 7) is 0.756. The molecule has 6 nitrogen and oxygen atoms in total. The predicted molar refractivity (Wildman–Crippen MR) is 104 cm³/mol. The van der Waals surface area contributed by atoms with Crippen LogP contribution in [-0.2, 0) is 29.4 Å². The fourth-order valence-corrected chi connectivity index (χ4v) is 4.49. The first-order chi connectivity index (χ1) is 13.1. The Hall–Kier alpha value is -2.51. The highest BCUT2D eigenvalue weighted by molar-refractivity contribution is 7.89. The minimum Gasteiger partial charge on any atom is -0.271 e. The van der Waals surface area contributed by atoms with E-state index in [0.717, 1.165) is 36.1 Å². The van der Waals surface area contributed by atoms with Crippen molar-refractivity contribution in [3.05, 3.63) is 66.1 Å². The lowest BCUT2D eigenvalue weighted by Gasteiger charge is -2.16. The Bertz CT molecular complexity index is 1030. The van der Waals surface area contributed by atoms with E-state index in [1.807, 2.05) is 36.5 Å². The summed E-state index contributed by atoms with van der Waals surface area (Å²) in [4.78, 5) is 4.35. The molecule has 1 aliphatic rings. The van der Waals surface area contributed by atoms with Gasteiger partial charge in [0.2, 0.25) is 10.0 Å². The lowest BCUT2D eigenvalue weighted by atomic mass is 9.92. The maximum atomic E-state index is 12.6. The number of hydrogen-bond donors (Lipinski definition) is 1. The number of aromatic nitrogens is 3. The Kier molecular flexibility index (Phi) is 5.05. The molecule has 4 rings (SSSR count). The second kappa shape index (κ2) is 7.62. The highest BCUT2D eigenvalue weighted by atomic mass is 32.2. The molecular weight excluding hydrogens is 360 g/mol. The molecule has 0 unspecified atom stereocenters. The Labute approximate surface area is 159 Å². The molecule has 0 saturated heterocycles. The Morgan fingerprint density at radius 1 is 1.00 bits per heavy atom. The van der Waals surface area contributed by atoms with E-state index in [1.165, 1.54) is 12.0 Å². The summed E-state index contributed by atoms with van der Waals surface area (Å²) < 4.78 is 29.6. The third-order valence-corrected chi connectivity index (χ3v) is 6.34. The first-order valence-corrected chi connectivity index (χ1v) is 10.7. The third-order valence-electron chi connectivity index (χ3n) is 4.88. The van der Waals surface area contributed by atoms with Crippen LogP contribution in [0, 0.1) is 0 Å². The van der Waals surface area contributed by atoms with Gasteiger partial charge in [0.25, 0.3) is 0 Å². The summed E-state index contributed by atoms with van der Waals surface area (Å²) in [5, 5.41) is 4.48. The number of sulfonamides is 1. The second-order valence-corrected chi connectivity index (χ2v) is 8.50. The van der Waals surface area contributed by atoms with Crippen molar-refractivity contribution in [2.75, 3.05) is 6.54 Å². The van der Waals surface area contributed by atoms with Gasteiger partial charge in [0.1, 0.15) is 0 Å². The standard InChI is InChI=1S/C20H22N4O2S/c25-27(26,19-6-5-16-3-1-2-4-18(16)15-19)22-12-14-24-13-9-20(23-24)17-7-10-21-11-8-17/h5-11,13,15,22H,1-4,12,14H2. The maximum Gasteiger partial charge on any atom is 0.240 e. The van der Waals surface area contributed by atoms with Crippen molar-refractivity contribution in [1.29, 1.82) is 0 Å². The molecule has 1 aromatic carbocycles. The number of benzene rings is 1. The molecule has 1 aliphatic carbocycles. The summed E-state index contributed by atoms with van der Waals surface area (Å²) in [7, 11) is -3.51. The largest absolute Gasteiger partial charge is 0.271 e. The molecule has 0 bridgehead atoms. The van der Waals surface area contributed by atoms with E-state index in [4.69, 9.17) is 0 Å². The van der Waals surface area contributed by atoms with E-state index in [-0.39, 0.29) is 6.54 Å². The smallest absolute Gasteiger partial charge is 0.240 e. The number of nitrogens with zero attached hydrogens (tertiary/aromatic N) is 3. The molecule has 0 spiro atoms. The number of fused-ring (bicyclic) bond motifs is 1. The number of rotatable bonds is 6. The molecule has 2 aromatic heterocycles. The quantitative estimate of drug-likeness (QED) is 0.711. The Morgan fingerprint density at radius 3 is 2.59 bits per heavy atom. The van der Waals surface area contributed by atoms with Crippen molar-refractivity contribution in [1.82, 2.24) is 19.5 Å². The zero-order valence-corrected chi connectivity index (χ0v) is 15.8. The van der Waals surface area contributed by atoms with Crippen molar-refractivity contribution < 1.29 is 8.42 Å². The molecule has 1 N–H and O–H groups in total. The van der Waals surface area contributed by atoms with Crippen molar-refractivity contribution in [3.63, 3.8) is 0 Å². The van der Waals surface area contributed by atoms with E-state index in [1.54, 1.807) is 23.1 Å². The molecule has 140 valence electrons. The molecule has 0 amide bonds. The van der Waals surface area contributed by atoms with Crippen LogP contribution in [0.4, 0.5) is 0 Å². The summed E-state index contributed by atoms with van der Waals surface area (Å²) in [5.41, 5.74) is 4.27. The average Bonchev–Trinajstić information content (AvgIpc) is 3.17. The Morgan fingerprint density at radius 2 is 1.78 bits per heavy atom. The molecule has 2 heterocycles. The number of pyridine rings is 1. The van der Waals surface area contributed by atoms with Crippen molar-refractivity contribution in [2.45, 2.75) is 37.1 Å². The lowest BCUT2D eigenvalue weighted by molar-refractivity contribution is 0.561. The normalized spacial score (nSPS) is 14.1. The summed E-state index contributed by atoms with van der Waals surface area (Å²) in [6, 6.07) is 11.2. The van der Waals surface area contributed by atoms with Gasteiger partial charge in [-0.3, -0.25) is 9.67 Å². The Balaban J connectivity index is 1.39. The molecule has 0 atom stereocenters.